The fourth-order valence-corrected chi connectivity index (χ4v) is 4.08. The van der Waals surface area contributed by atoms with E-state index in [0.717, 1.165) is 28.2 Å². The summed E-state index contributed by atoms with van der Waals surface area (Å²) in [5.41, 5.74) is 1.83. The minimum Gasteiger partial charge on any atom is -0.361 e. The maximum Gasteiger partial charge on any atom is 0.238 e. The van der Waals surface area contributed by atoms with Crippen LogP contribution in [0.15, 0.2) is 30.5 Å². The van der Waals surface area contributed by atoms with Gasteiger partial charge in [0.2, 0.25) is 16.9 Å². The number of likely N-dealkylation sites (N-methyl/N-ethyl adjacent to an activating group) is 1. The lowest BCUT2D eigenvalue weighted by atomic mass is 10.0. The molecular weight excluding hydrogens is 442 g/mol. The van der Waals surface area contributed by atoms with Crippen molar-refractivity contribution in [3.8, 4) is 0 Å². The van der Waals surface area contributed by atoms with Crippen LogP contribution in [0.2, 0.25) is 0 Å². The topological polar surface area (TPSA) is 144 Å². The molecule has 1 heterocycles. The van der Waals surface area contributed by atoms with Crippen LogP contribution in [-0.2, 0) is 25.6 Å². The number of benzene rings is 1. The van der Waals surface area contributed by atoms with Crippen LogP contribution in [0.3, 0.4) is 0 Å². The number of H-pyrrole nitrogens is 1. The average molecular weight is 474 g/mol. The Morgan fingerprint density at radius 3 is 2.55 bits per heavy atom. The molecule has 0 spiro atoms. The molecule has 0 saturated carbocycles. The number of thioether (sulfide) groups is 1. The number of para-hydroxylation sites is 1. The first-order chi connectivity index (χ1) is 15.7. The van der Waals surface area contributed by atoms with Crippen LogP contribution in [-0.4, -0.2) is 64.8 Å². The number of Topliss-reactive ketones (excluding diaryl/α,β-unsaturated/α-hetero) is 1. The summed E-state index contributed by atoms with van der Waals surface area (Å²) in [4.78, 5) is 52.5. The number of aromatic nitrogens is 1. The van der Waals surface area contributed by atoms with E-state index < -0.39 is 23.8 Å². The Balaban J connectivity index is 2.21. The first-order valence-electron chi connectivity index (χ1n) is 10.8. The van der Waals surface area contributed by atoms with Crippen molar-refractivity contribution in [1.82, 2.24) is 20.9 Å². The molecule has 0 aliphatic rings. The molecule has 0 fully saturated rings. The smallest absolute Gasteiger partial charge is 0.238 e. The molecule has 0 radical (unpaired) electrons. The number of hydrogen-bond acceptors (Lipinski definition) is 7. The van der Waals surface area contributed by atoms with Crippen LogP contribution in [0.5, 0.6) is 0 Å². The maximum absolute atomic E-state index is 13.2. The molecule has 5 N–H and O–H groups in total. The summed E-state index contributed by atoms with van der Waals surface area (Å²) in [6.07, 6.45) is 2.92. The van der Waals surface area contributed by atoms with Gasteiger partial charge in [0.15, 0.2) is 5.78 Å². The lowest BCUT2D eigenvalue weighted by Crippen LogP contribution is -2.52. The van der Waals surface area contributed by atoms with Crippen molar-refractivity contribution in [3.05, 3.63) is 36.0 Å². The van der Waals surface area contributed by atoms with E-state index >= 15 is 0 Å². The van der Waals surface area contributed by atoms with Crippen molar-refractivity contribution in [1.29, 1.82) is 5.41 Å². The first-order valence-corrected chi connectivity index (χ1v) is 11.7. The van der Waals surface area contributed by atoms with Gasteiger partial charge in [-0.3, -0.25) is 24.5 Å². The molecule has 2 atom stereocenters. The number of hydrogen-bond donors (Lipinski definition) is 5. The Labute approximate surface area is 197 Å². The van der Waals surface area contributed by atoms with Crippen molar-refractivity contribution >= 4 is 51.6 Å². The molecule has 0 bridgehead atoms. The van der Waals surface area contributed by atoms with Crippen LogP contribution in [0.1, 0.15) is 32.3 Å². The summed E-state index contributed by atoms with van der Waals surface area (Å²) in [6.45, 7) is 3.67. The molecule has 0 unspecified atom stereocenters. The second-order valence-electron chi connectivity index (χ2n) is 7.87. The van der Waals surface area contributed by atoms with E-state index in [1.54, 1.807) is 0 Å². The number of amides is 2. The number of fused-ring (bicyclic) bond motifs is 1. The standard InChI is InChI=1S/C23H31N5O4S/c1-14(2)33-23(32)19(9-8-16(29)11-24)28-22(31)20(27-13-21(30)25-3)10-15-12-26-18-7-5-4-6-17(15)18/h4-7,11-12,14,19-20,24,26-27H,8-10,13H2,1-3H3,(H,25,30)(H,28,31)/t19-,20-/m0/s1. The van der Waals surface area contributed by atoms with Gasteiger partial charge >= 0.3 is 0 Å². The van der Waals surface area contributed by atoms with Gasteiger partial charge in [-0.1, -0.05) is 43.8 Å². The SMILES string of the molecule is CNC(=O)CN[C@@H](Cc1c[nH]c2ccccc12)C(=O)N[C@@H](CCC(=O)C=N)C(=O)SC(C)C. The van der Waals surface area contributed by atoms with Gasteiger partial charge in [-0.05, 0) is 24.5 Å². The Hall–Kier alpha value is -2.98. The van der Waals surface area contributed by atoms with Gasteiger partial charge < -0.3 is 21.0 Å². The van der Waals surface area contributed by atoms with Crippen molar-refractivity contribution in [2.24, 2.45) is 0 Å². The Kier molecular flexibility index (Phi) is 10.3. The van der Waals surface area contributed by atoms with E-state index in [2.05, 4.69) is 20.9 Å². The minimum atomic E-state index is -0.874. The maximum atomic E-state index is 13.2. The number of aromatic amines is 1. The van der Waals surface area contributed by atoms with Gasteiger partial charge in [0, 0.05) is 35.8 Å². The van der Waals surface area contributed by atoms with Crippen molar-refractivity contribution in [2.75, 3.05) is 13.6 Å². The van der Waals surface area contributed by atoms with Gasteiger partial charge in [-0.15, -0.1) is 0 Å². The molecule has 0 aliphatic carbocycles. The molecule has 2 amide bonds. The van der Waals surface area contributed by atoms with Crippen molar-refractivity contribution in [2.45, 2.75) is 50.4 Å². The number of nitrogens with one attached hydrogen (secondary N) is 5. The molecule has 0 saturated heterocycles. The third kappa shape index (κ3) is 8.14. The average Bonchev–Trinajstić information content (AvgIpc) is 3.20. The first kappa shape index (κ1) is 26.3. The number of rotatable bonds is 13. The van der Waals surface area contributed by atoms with Crippen LogP contribution < -0.4 is 16.0 Å². The molecule has 9 nitrogen and oxygen atoms in total. The van der Waals surface area contributed by atoms with Gasteiger partial charge in [0.25, 0.3) is 0 Å². The molecule has 178 valence electrons. The summed E-state index contributed by atoms with van der Waals surface area (Å²) in [5.74, 6) is -1.12. The second-order valence-corrected chi connectivity index (χ2v) is 9.45. The van der Waals surface area contributed by atoms with Gasteiger partial charge in [-0.2, -0.15) is 0 Å². The van der Waals surface area contributed by atoms with Gasteiger partial charge in [-0.25, -0.2) is 0 Å². The van der Waals surface area contributed by atoms with Crippen LogP contribution in [0, 0.1) is 5.41 Å². The highest BCUT2D eigenvalue weighted by Gasteiger charge is 2.27. The predicted octanol–water partition coefficient (Wildman–Crippen LogP) is 1.57. The lowest BCUT2D eigenvalue weighted by molar-refractivity contribution is -0.127. The van der Waals surface area contributed by atoms with E-state index in [9.17, 15) is 19.2 Å². The molecule has 33 heavy (non-hydrogen) atoms. The quantitative estimate of drug-likeness (QED) is 0.279. The molecule has 2 rings (SSSR count). The second kappa shape index (κ2) is 12.9. The zero-order valence-corrected chi connectivity index (χ0v) is 19.9. The highest BCUT2D eigenvalue weighted by atomic mass is 32.2. The van der Waals surface area contributed by atoms with E-state index in [1.807, 2.05) is 44.3 Å². The van der Waals surface area contributed by atoms with E-state index in [0.29, 0.717) is 12.6 Å². The number of carbonyl (C=O) groups is 4. The van der Waals surface area contributed by atoms with E-state index in [4.69, 9.17) is 5.41 Å². The van der Waals surface area contributed by atoms with Crippen molar-refractivity contribution in [3.63, 3.8) is 0 Å². The number of carbonyl (C=O) groups excluding carboxylic acids is 4. The lowest BCUT2D eigenvalue weighted by Gasteiger charge is -2.23. The molecule has 1 aromatic heterocycles. The monoisotopic (exact) mass is 473 g/mol. The van der Waals surface area contributed by atoms with Crippen LogP contribution in [0.4, 0.5) is 0 Å². The summed E-state index contributed by atoms with van der Waals surface area (Å²) in [7, 11) is 1.51. The normalized spacial score (nSPS) is 12.8. The van der Waals surface area contributed by atoms with Crippen molar-refractivity contribution < 1.29 is 19.2 Å². The Morgan fingerprint density at radius 1 is 1.15 bits per heavy atom. The zero-order valence-electron chi connectivity index (χ0n) is 19.1. The van der Waals surface area contributed by atoms with Crippen LogP contribution >= 0.6 is 11.8 Å². The fourth-order valence-electron chi connectivity index (χ4n) is 3.28. The minimum absolute atomic E-state index is 0.0162. The van der Waals surface area contributed by atoms with Gasteiger partial charge in [0.05, 0.1) is 24.8 Å². The molecule has 10 heteroatoms. The Morgan fingerprint density at radius 2 is 1.88 bits per heavy atom. The fraction of sp³-hybridized carbons (Fsp3) is 0.435. The summed E-state index contributed by atoms with van der Waals surface area (Å²) >= 11 is 1.09. The summed E-state index contributed by atoms with van der Waals surface area (Å²) in [6, 6.07) is 6.05. The summed E-state index contributed by atoms with van der Waals surface area (Å²) in [5, 5.41) is 16.1. The van der Waals surface area contributed by atoms with E-state index in [1.165, 1.54) is 7.05 Å². The predicted molar refractivity (Wildman–Crippen MR) is 131 cm³/mol. The molecule has 2 aromatic rings. The highest BCUT2D eigenvalue weighted by molar-refractivity contribution is 8.14. The largest absolute Gasteiger partial charge is 0.361 e. The molecule has 1 aromatic carbocycles. The van der Waals surface area contributed by atoms with E-state index in [-0.39, 0.29) is 35.7 Å². The van der Waals surface area contributed by atoms with Crippen LogP contribution in [0.25, 0.3) is 10.9 Å². The third-order valence-electron chi connectivity index (χ3n) is 5.00. The zero-order chi connectivity index (χ0) is 24.4. The summed E-state index contributed by atoms with van der Waals surface area (Å²) < 4.78 is 0. The molecule has 0 aliphatic heterocycles. The third-order valence-corrected chi connectivity index (χ3v) is 5.98. The molecular formula is C23H31N5O4S. The number of ketones is 1. The highest BCUT2D eigenvalue weighted by Crippen LogP contribution is 2.20. The Bertz CT molecular complexity index is 1000. The van der Waals surface area contributed by atoms with Gasteiger partial charge in [0.1, 0.15) is 0 Å².